The van der Waals surface area contributed by atoms with Crippen molar-refractivity contribution in [1.82, 2.24) is 9.80 Å². The summed E-state index contributed by atoms with van der Waals surface area (Å²) >= 11 is 0. The minimum Gasteiger partial charge on any atom is -0.339 e. The van der Waals surface area contributed by atoms with Crippen molar-refractivity contribution in [2.45, 2.75) is 57.9 Å². The van der Waals surface area contributed by atoms with Crippen LogP contribution < -0.4 is 0 Å². The van der Waals surface area contributed by atoms with Gasteiger partial charge in [-0.2, -0.15) is 0 Å². The highest BCUT2D eigenvalue weighted by Gasteiger charge is 2.38. The molecule has 2 aliphatic carbocycles. The summed E-state index contributed by atoms with van der Waals surface area (Å²) in [5.74, 6) is 1.21. The monoisotopic (exact) mass is 278 g/mol. The van der Waals surface area contributed by atoms with Crippen LogP contribution in [0.4, 0.5) is 0 Å². The van der Waals surface area contributed by atoms with Crippen molar-refractivity contribution < 1.29 is 9.59 Å². The van der Waals surface area contributed by atoms with Crippen LogP contribution in [0.1, 0.15) is 51.9 Å². The van der Waals surface area contributed by atoms with Crippen LogP contribution in [0.25, 0.3) is 0 Å². The summed E-state index contributed by atoms with van der Waals surface area (Å²) in [6.45, 7) is 4.28. The van der Waals surface area contributed by atoms with E-state index in [-0.39, 0.29) is 17.9 Å². The molecule has 1 heterocycles. The molecular formula is C16H26N2O2. The van der Waals surface area contributed by atoms with Crippen LogP contribution >= 0.6 is 0 Å². The first-order chi connectivity index (χ1) is 9.66. The lowest BCUT2D eigenvalue weighted by atomic mass is 9.88. The van der Waals surface area contributed by atoms with Gasteiger partial charge in [-0.15, -0.1) is 0 Å². The van der Waals surface area contributed by atoms with Crippen LogP contribution in [0.2, 0.25) is 0 Å². The van der Waals surface area contributed by atoms with Gasteiger partial charge in [0.05, 0.1) is 0 Å². The fourth-order valence-electron chi connectivity index (χ4n) is 3.66. The van der Waals surface area contributed by atoms with Gasteiger partial charge in [0.15, 0.2) is 0 Å². The van der Waals surface area contributed by atoms with E-state index in [0.29, 0.717) is 11.8 Å². The molecule has 4 nitrogen and oxygen atoms in total. The second-order valence-electron chi connectivity index (χ2n) is 6.77. The second kappa shape index (κ2) is 5.74. The molecule has 0 bridgehead atoms. The average Bonchev–Trinajstić information content (AvgIpc) is 3.31. The lowest BCUT2D eigenvalue weighted by Gasteiger charge is -2.41. The maximum atomic E-state index is 12.5. The Balaban J connectivity index is 1.55. The molecule has 2 amide bonds. The fraction of sp³-hybridized carbons (Fsp3) is 0.875. The Kier molecular flexibility index (Phi) is 3.99. The fourth-order valence-corrected chi connectivity index (χ4v) is 3.66. The van der Waals surface area contributed by atoms with E-state index in [1.807, 2.05) is 9.80 Å². The highest BCUT2D eigenvalue weighted by molar-refractivity contribution is 5.82. The van der Waals surface area contributed by atoms with Gasteiger partial charge in [-0.25, -0.2) is 0 Å². The molecule has 1 atom stereocenters. The number of nitrogens with zero attached hydrogens (tertiary/aromatic N) is 2. The number of amides is 2. The van der Waals surface area contributed by atoms with Crippen molar-refractivity contribution in [3.05, 3.63) is 0 Å². The molecule has 0 unspecified atom stereocenters. The molecule has 0 aromatic rings. The molecule has 3 rings (SSSR count). The molecule has 1 saturated heterocycles. The Morgan fingerprint density at radius 2 is 1.50 bits per heavy atom. The van der Waals surface area contributed by atoms with Crippen LogP contribution in [-0.4, -0.2) is 47.3 Å². The molecule has 1 aliphatic heterocycles. The summed E-state index contributed by atoms with van der Waals surface area (Å²) in [7, 11) is 0. The van der Waals surface area contributed by atoms with E-state index < -0.39 is 0 Å². The summed E-state index contributed by atoms with van der Waals surface area (Å²) in [5.41, 5.74) is 0. The van der Waals surface area contributed by atoms with Crippen molar-refractivity contribution in [2.24, 2.45) is 11.8 Å². The van der Waals surface area contributed by atoms with Crippen molar-refractivity contribution in [1.29, 1.82) is 0 Å². The van der Waals surface area contributed by atoms with E-state index in [1.54, 1.807) is 0 Å². The highest BCUT2D eigenvalue weighted by Crippen LogP contribution is 2.32. The third kappa shape index (κ3) is 2.84. The number of carbonyl (C=O) groups excluding carboxylic acids is 2. The normalized spacial score (nSPS) is 28.6. The van der Waals surface area contributed by atoms with E-state index >= 15 is 0 Å². The van der Waals surface area contributed by atoms with Crippen LogP contribution in [0.3, 0.4) is 0 Å². The van der Waals surface area contributed by atoms with E-state index in [2.05, 4.69) is 6.92 Å². The Bertz CT molecular complexity index is 386. The number of hydrogen-bond acceptors (Lipinski definition) is 2. The summed E-state index contributed by atoms with van der Waals surface area (Å²) in [6.07, 6.45) is 7.93. The Morgan fingerprint density at radius 1 is 0.850 bits per heavy atom. The number of piperazine rings is 1. The Morgan fingerprint density at radius 3 is 2.10 bits per heavy atom. The van der Waals surface area contributed by atoms with Gasteiger partial charge < -0.3 is 9.80 Å². The van der Waals surface area contributed by atoms with Gasteiger partial charge in [0.25, 0.3) is 0 Å². The van der Waals surface area contributed by atoms with Gasteiger partial charge in [0, 0.05) is 37.5 Å². The zero-order valence-corrected chi connectivity index (χ0v) is 12.5. The molecule has 2 saturated carbocycles. The highest BCUT2D eigenvalue weighted by atomic mass is 16.2. The first-order valence-corrected chi connectivity index (χ1v) is 8.26. The third-order valence-electron chi connectivity index (χ3n) is 5.10. The molecule has 4 heteroatoms. The molecule has 3 aliphatic rings. The summed E-state index contributed by atoms with van der Waals surface area (Å²) in [6, 6.07) is 0.185. The lowest BCUT2D eigenvalue weighted by molar-refractivity contribution is -0.146. The zero-order chi connectivity index (χ0) is 14.1. The number of hydrogen-bond donors (Lipinski definition) is 0. The van der Waals surface area contributed by atoms with Gasteiger partial charge in [0.1, 0.15) is 0 Å². The smallest absolute Gasteiger partial charge is 0.226 e. The van der Waals surface area contributed by atoms with E-state index in [4.69, 9.17) is 0 Å². The predicted molar refractivity (Wildman–Crippen MR) is 77.1 cm³/mol. The molecule has 0 N–H and O–H groups in total. The summed E-state index contributed by atoms with van der Waals surface area (Å²) in [5, 5.41) is 0. The van der Waals surface area contributed by atoms with E-state index in [0.717, 1.165) is 45.3 Å². The molecule has 112 valence electrons. The Hall–Kier alpha value is -1.06. The van der Waals surface area contributed by atoms with Crippen molar-refractivity contribution in [3.8, 4) is 0 Å². The van der Waals surface area contributed by atoms with E-state index in [1.165, 1.54) is 19.3 Å². The molecule has 3 fully saturated rings. The number of rotatable bonds is 2. The van der Waals surface area contributed by atoms with Crippen molar-refractivity contribution in [2.75, 3.05) is 19.6 Å². The van der Waals surface area contributed by atoms with Crippen molar-refractivity contribution >= 4 is 11.8 Å². The maximum absolute atomic E-state index is 12.5. The zero-order valence-electron chi connectivity index (χ0n) is 12.5. The van der Waals surface area contributed by atoms with Crippen LogP contribution in [0.5, 0.6) is 0 Å². The molecule has 0 aromatic carbocycles. The Labute approximate surface area is 121 Å². The second-order valence-corrected chi connectivity index (χ2v) is 6.77. The first-order valence-electron chi connectivity index (χ1n) is 8.26. The SMILES string of the molecule is C[C@@H]1CN(C(=O)C2CCCCC2)CCN1C(=O)C1CC1. The maximum Gasteiger partial charge on any atom is 0.226 e. The van der Waals surface area contributed by atoms with Gasteiger partial charge >= 0.3 is 0 Å². The molecule has 0 spiro atoms. The van der Waals surface area contributed by atoms with Gasteiger partial charge in [0.2, 0.25) is 11.8 Å². The largest absolute Gasteiger partial charge is 0.339 e. The summed E-state index contributed by atoms with van der Waals surface area (Å²) in [4.78, 5) is 28.7. The van der Waals surface area contributed by atoms with Crippen LogP contribution in [0.15, 0.2) is 0 Å². The van der Waals surface area contributed by atoms with Crippen LogP contribution in [-0.2, 0) is 9.59 Å². The number of carbonyl (C=O) groups is 2. The average molecular weight is 278 g/mol. The van der Waals surface area contributed by atoms with E-state index in [9.17, 15) is 9.59 Å². The van der Waals surface area contributed by atoms with Crippen molar-refractivity contribution in [3.63, 3.8) is 0 Å². The molecule has 20 heavy (non-hydrogen) atoms. The quantitative estimate of drug-likeness (QED) is 0.775. The predicted octanol–water partition coefficient (Wildman–Crippen LogP) is 2.04. The minimum atomic E-state index is 0.185. The van der Waals surface area contributed by atoms with Crippen LogP contribution in [0, 0.1) is 11.8 Å². The molecular weight excluding hydrogens is 252 g/mol. The summed E-state index contributed by atoms with van der Waals surface area (Å²) < 4.78 is 0. The van der Waals surface area contributed by atoms with Gasteiger partial charge in [-0.05, 0) is 32.6 Å². The molecule has 0 aromatic heterocycles. The molecule has 0 radical (unpaired) electrons. The minimum absolute atomic E-state index is 0.185. The standard InChI is InChI=1S/C16H26N2O2/c1-12-11-17(15(19)13-5-3-2-4-6-13)9-10-18(12)16(20)14-7-8-14/h12-14H,2-11H2,1H3/t12-/m1/s1. The lowest BCUT2D eigenvalue weighted by Crippen LogP contribution is -2.56. The van der Waals surface area contributed by atoms with Gasteiger partial charge in [-0.1, -0.05) is 19.3 Å². The first kappa shape index (κ1) is 13.9. The van der Waals surface area contributed by atoms with Gasteiger partial charge in [-0.3, -0.25) is 9.59 Å². The topological polar surface area (TPSA) is 40.6 Å². The third-order valence-corrected chi connectivity index (χ3v) is 5.10.